The van der Waals surface area contributed by atoms with E-state index in [9.17, 15) is 18.8 Å². The van der Waals surface area contributed by atoms with E-state index in [0.717, 1.165) is 22.2 Å². The Morgan fingerprint density at radius 3 is 2.44 bits per heavy atom. The molecule has 0 radical (unpaired) electrons. The van der Waals surface area contributed by atoms with Crippen molar-refractivity contribution in [3.63, 3.8) is 0 Å². The first-order valence-corrected chi connectivity index (χ1v) is 10.6. The molecule has 4 rings (SSSR count). The van der Waals surface area contributed by atoms with Crippen molar-refractivity contribution in [3.05, 3.63) is 106 Å². The molecule has 1 aliphatic heterocycles. The zero-order valence-electron chi connectivity index (χ0n) is 17.1. The van der Waals surface area contributed by atoms with Crippen LogP contribution in [0.25, 0.3) is 6.08 Å². The number of carbonyl (C=O) groups is 3. The Morgan fingerprint density at radius 2 is 1.69 bits per heavy atom. The molecule has 0 aromatic heterocycles. The number of ether oxygens (including phenoxy) is 1. The van der Waals surface area contributed by atoms with Crippen LogP contribution in [0.15, 0.2) is 77.7 Å². The molecule has 7 heteroatoms. The molecule has 1 saturated heterocycles. The van der Waals surface area contributed by atoms with Gasteiger partial charge in [-0.15, -0.1) is 0 Å². The monoisotopic (exact) mass is 447 g/mol. The fourth-order valence-electron chi connectivity index (χ4n) is 3.12. The van der Waals surface area contributed by atoms with Gasteiger partial charge >= 0.3 is 5.97 Å². The molecule has 32 heavy (non-hydrogen) atoms. The Kier molecular flexibility index (Phi) is 6.18. The molecule has 1 fully saturated rings. The summed E-state index contributed by atoms with van der Waals surface area (Å²) in [5, 5.41) is -0.487. The Hall–Kier alpha value is -3.71. The van der Waals surface area contributed by atoms with Crippen LogP contribution in [-0.2, 0) is 11.3 Å². The minimum absolute atomic E-state index is 0.154. The van der Waals surface area contributed by atoms with Gasteiger partial charge in [0.2, 0.25) is 0 Å². The van der Waals surface area contributed by atoms with Gasteiger partial charge in [0.1, 0.15) is 11.6 Å². The molecule has 1 heterocycles. The second-order valence-corrected chi connectivity index (χ2v) is 8.15. The average molecular weight is 447 g/mol. The van der Waals surface area contributed by atoms with Crippen molar-refractivity contribution in [1.29, 1.82) is 0 Å². The molecule has 1 aliphatic rings. The van der Waals surface area contributed by atoms with Gasteiger partial charge in [-0.05, 0) is 49.0 Å². The molecule has 0 unspecified atom stereocenters. The van der Waals surface area contributed by atoms with E-state index in [1.807, 2.05) is 19.1 Å². The third kappa shape index (κ3) is 4.63. The van der Waals surface area contributed by atoms with Crippen molar-refractivity contribution in [3.8, 4) is 5.75 Å². The van der Waals surface area contributed by atoms with Crippen LogP contribution in [0.5, 0.6) is 5.75 Å². The molecule has 2 amide bonds. The van der Waals surface area contributed by atoms with E-state index in [1.54, 1.807) is 48.5 Å². The summed E-state index contributed by atoms with van der Waals surface area (Å²) >= 11 is 0.763. The van der Waals surface area contributed by atoms with Crippen LogP contribution in [0.1, 0.15) is 27.0 Å². The lowest BCUT2D eigenvalue weighted by Gasteiger charge is -2.13. The third-order valence-corrected chi connectivity index (χ3v) is 5.76. The highest BCUT2D eigenvalue weighted by Crippen LogP contribution is 2.35. The van der Waals surface area contributed by atoms with Gasteiger partial charge in [0.15, 0.2) is 0 Å². The number of thioether (sulfide) groups is 1. The zero-order chi connectivity index (χ0) is 22.7. The first-order chi connectivity index (χ1) is 15.4. The molecule has 3 aromatic rings. The Balaban J connectivity index is 1.56. The van der Waals surface area contributed by atoms with Crippen molar-refractivity contribution in [2.75, 3.05) is 0 Å². The smallest absolute Gasteiger partial charge is 0.343 e. The van der Waals surface area contributed by atoms with E-state index in [4.69, 9.17) is 4.74 Å². The maximum Gasteiger partial charge on any atom is 0.343 e. The minimum atomic E-state index is -0.529. The van der Waals surface area contributed by atoms with Gasteiger partial charge in [-0.1, -0.05) is 54.1 Å². The summed E-state index contributed by atoms with van der Waals surface area (Å²) in [5.41, 5.74) is 2.15. The summed E-state index contributed by atoms with van der Waals surface area (Å²) in [6.45, 7) is 1.77. The quantitative estimate of drug-likeness (QED) is 0.290. The van der Waals surface area contributed by atoms with Gasteiger partial charge in [0.25, 0.3) is 11.1 Å². The zero-order valence-corrected chi connectivity index (χ0v) is 17.9. The van der Waals surface area contributed by atoms with E-state index in [0.29, 0.717) is 11.1 Å². The molecular weight excluding hydrogens is 429 g/mol. The van der Waals surface area contributed by atoms with E-state index in [2.05, 4.69) is 0 Å². The topological polar surface area (TPSA) is 63.7 Å². The normalized spacial score (nSPS) is 14.8. The van der Waals surface area contributed by atoms with Gasteiger partial charge in [0, 0.05) is 11.1 Å². The minimum Gasteiger partial charge on any atom is -0.422 e. The molecule has 0 spiro atoms. The first-order valence-electron chi connectivity index (χ1n) is 9.79. The number of hydrogen-bond donors (Lipinski definition) is 0. The molecule has 0 saturated carbocycles. The molecule has 160 valence electrons. The maximum absolute atomic E-state index is 14.0. The van der Waals surface area contributed by atoms with Crippen molar-refractivity contribution < 1.29 is 23.5 Å². The Morgan fingerprint density at radius 1 is 1.00 bits per heavy atom. The standard InChI is InChI=1S/C25H18FNO4S/c1-16-10-12-17(13-11-16)24(29)31-21-9-5-3-6-18(21)14-22-23(28)27(25(30)32-22)15-19-7-2-4-8-20(19)26/h2-14H,15H2,1H3/b22-14-. The predicted octanol–water partition coefficient (Wildman–Crippen LogP) is 5.59. The van der Waals surface area contributed by atoms with E-state index < -0.39 is 22.9 Å². The van der Waals surface area contributed by atoms with Crippen molar-refractivity contribution >= 4 is 35.0 Å². The summed E-state index contributed by atoms with van der Waals surface area (Å²) in [4.78, 5) is 38.9. The van der Waals surface area contributed by atoms with Crippen LogP contribution in [0.2, 0.25) is 0 Å². The number of para-hydroxylation sites is 1. The lowest BCUT2D eigenvalue weighted by atomic mass is 10.1. The number of esters is 1. The van der Waals surface area contributed by atoms with Gasteiger partial charge in [-0.2, -0.15) is 0 Å². The van der Waals surface area contributed by atoms with Crippen LogP contribution in [0.4, 0.5) is 9.18 Å². The van der Waals surface area contributed by atoms with Crippen LogP contribution >= 0.6 is 11.8 Å². The highest BCUT2D eigenvalue weighted by molar-refractivity contribution is 8.18. The second kappa shape index (κ2) is 9.20. The van der Waals surface area contributed by atoms with Gasteiger partial charge < -0.3 is 4.74 Å². The van der Waals surface area contributed by atoms with Crippen LogP contribution in [0.3, 0.4) is 0 Å². The first kappa shape index (κ1) is 21.5. The molecule has 5 nitrogen and oxygen atoms in total. The van der Waals surface area contributed by atoms with Gasteiger partial charge in [0.05, 0.1) is 17.0 Å². The summed E-state index contributed by atoms with van der Waals surface area (Å²) in [5.74, 6) is -1.27. The van der Waals surface area contributed by atoms with Crippen LogP contribution < -0.4 is 4.74 Å². The number of benzene rings is 3. The predicted molar refractivity (Wildman–Crippen MR) is 120 cm³/mol. The molecule has 0 N–H and O–H groups in total. The molecule has 0 bridgehead atoms. The fraction of sp³-hybridized carbons (Fsp3) is 0.0800. The van der Waals surface area contributed by atoms with Crippen molar-refractivity contribution in [2.24, 2.45) is 0 Å². The number of halogens is 1. The highest BCUT2D eigenvalue weighted by Gasteiger charge is 2.35. The van der Waals surface area contributed by atoms with Gasteiger partial charge in [-0.25, -0.2) is 9.18 Å². The van der Waals surface area contributed by atoms with E-state index in [-0.39, 0.29) is 22.8 Å². The lowest BCUT2D eigenvalue weighted by Crippen LogP contribution is -2.27. The van der Waals surface area contributed by atoms with Crippen LogP contribution in [-0.4, -0.2) is 22.0 Å². The number of hydrogen-bond acceptors (Lipinski definition) is 5. The fourth-order valence-corrected chi connectivity index (χ4v) is 3.94. The number of aryl methyl sites for hydroxylation is 1. The SMILES string of the molecule is Cc1ccc(C(=O)Oc2ccccc2/C=C2\SC(=O)N(Cc3ccccc3F)C2=O)cc1. The van der Waals surface area contributed by atoms with E-state index >= 15 is 0 Å². The summed E-state index contributed by atoms with van der Waals surface area (Å²) in [6, 6.07) is 19.7. The second-order valence-electron chi connectivity index (χ2n) is 7.15. The molecule has 0 aliphatic carbocycles. The average Bonchev–Trinajstić information content (AvgIpc) is 3.04. The summed E-state index contributed by atoms with van der Waals surface area (Å²) in [7, 11) is 0. The lowest BCUT2D eigenvalue weighted by molar-refractivity contribution is -0.123. The molecule has 3 aromatic carbocycles. The number of carbonyl (C=O) groups excluding carboxylic acids is 3. The van der Waals surface area contributed by atoms with Crippen molar-refractivity contribution in [2.45, 2.75) is 13.5 Å². The highest BCUT2D eigenvalue weighted by atomic mass is 32.2. The Labute approximate surface area is 188 Å². The number of rotatable bonds is 5. The largest absolute Gasteiger partial charge is 0.422 e. The molecular formula is C25H18FNO4S. The summed E-state index contributed by atoms with van der Waals surface area (Å²) in [6.07, 6.45) is 1.50. The summed E-state index contributed by atoms with van der Waals surface area (Å²) < 4.78 is 19.5. The number of nitrogens with zero attached hydrogens (tertiary/aromatic N) is 1. The third-order valence-electron chi connectivity index (χ3n) is 4.86. The van der Waals surface area contributed by atoms with E-state index in [1.165, 1.54) is 18.2 Å². The van der Waals surface area contributed by atoms with Gasteiger partial charge in [-0.3, -0.25) is 14.5 Å². The maximum atomic E-state index is 14.0. The number of amides is 2. The van der Waals surface area contributed by atoms with Crippen molar-refractivity contribution in [1.82, 2.24) is 4.90 Å². The molecule has 0 atom stereocenters. The number of imide groups is 1. The Bertz CT molecular complexity index is 1240. The van der Waals surface area contributed by atoms with Crippen LogP contribution in [0, 0.1) is 12.7 Å².